The van der Waals surface area contributed by atoms with Gasteiger partial charge in [0.05, 0.1) is 29.5 Å². The van der Waals surface area contributed by atoms with Crippen LogP contribution in [-0.2, 0) is 0 Å². The van der Waals surface area contributed by atoms with Crippen LogP contribution in [0, 0.1) is 23.0 Å². The molecule has 1 aromatic carbocycles. The second-order valence-electron chi connectivity index (χ2n) is 6.89. The molecule has 0 radical (unpaired) electrons. The highest BCUT2D eigenvalue weighted by Gasteiger charge is 2.23. The number of halogens is 3. The van der Waals surface area contributed by atoms with E-state index in [0.717, 1.165) is 22.9 Å². The van der Waals surface area contributed by atoms with E-state index in [2.05, 4.69) is 41.2 Å². The molecule has 0 fully saturated rings. The molecule has 33 heavy (non-hydrogen) atoms. The summed E-state index contributed by atoms with van der Waals surface area (Å²) < 4.78 is 30.0. The maximum atomic E-state index is 14.6. The van der Waals surface area contributed by atoms with Crippen molar-refractivity contribution in [1.82, 2.24) is 24.5 Å². The predicted molar refractivity (Wildman–Crippen MR) is 120 cm³/mol. The van der Waals surface area contributed by atoms with Crippen molar-refractivity contribution in [3.05, 3.63) is 68.4 Å². The molecule has 0 saturated carbocycles. The number of nitrogens with zero attached hydrogens (tertiary/aromatic N) is 6. The minimum Gasteiger partial charge on any atom is -0.382 e. The highest BCUT2D eigenvalue weighted by molar-refractivity contribution is 9.10. The summed E-state index contributed by atoms with van der Waals surface area (Å²) >= 11 is 3.25. The first-order chi connectivity index (χ1) is 15.7. The lowest BCUT2D eigenvalue weighted by Crippen LogP contribution is -2.28. The fourth-order valence-corrected chi connectivity index (χ4v) is 3.77. The van der Waals surface area contributed by atoms with Crippen molar-refractivity contribution in [2.45, 2.75) is 13.0 Å². The number of nitrogens with one attached hydrogen (secondary N) is 1. The van der Waals surface area contributed by atoms with Gasteiger partial charge in [0.1, 0.15) is 40.4 Å². The predicted octanol–water partition coefficient (Wildman–Crippen LogP) is 2.82. The number of rotatable bonds is 4. The van der Waals surface area contributed by atoms with Gasteiger partial charge in [-0.1, -0.05) is 0 Å². The fraction of sp³-hybridized carbons (Fsp3) is 0.100. The van der Waals surface area contributed by atoms with Crippen LogP contribution in [0.5, 0.6) is 0 Å². The van der Waals surface area contributed by atoms with Crippen molar-refractivity contribution in [2.75, 3.05) is 16.8 Å². The summed E-state index contributed by atoms with van der Waals surface area (Å²) in [6.45, 7) is 1.59. The second kappa shape index (κ2) is 8.40. The van der Waals surface area contributed by atoms with Gasteiger partial charge in [0, 0.05) is 10.5 Å². The van der Waals surface area contributed by atoms with Crippen molar-refractivity contribution in [3.63, 3.8) is 0 Å². The van der Waals surface area contributed by atoms with Crippen LogP contribution in [0.2, 0.25) is 0 Å². The SMILES string of the molecule is CC(Nc1nc(N)nc(N)c1C#N)c1nc2c(F)ccc(Br)c2c(=O)n1-c1cncc(F)c1. The molecule has 0 spiro atoms. The molecule has 4 aromatic rings. The number of hydrogen-bond acceptors (Lipinski definition) is 9. The Kier molecular flexibility index (Phi) is 5.60. The molecule has 166 valence electrons. The van der Waals surface area contributed by atoms with Crippen LogP contribution in [0.25, 0.3) is 16.6 Å². The summed E-state index contributed by atoms with van der Waals surface area (Å²) in [5.41, 5.74) is 10.5. The topological polar surface area (TPSA) is 161 Å². The average molecular weight is 514 g/mol. The van der Waals surface area contributed by atoms with Gasteiger partial charge in [-0.2, -0.15) is 15.2 Å². The maximum Gasteiger partial charge on any atom is 0.267 e. The lowest BCUT2D eigenvalue weighted by molar-refractivity contribution is 0.616. The van der Waals surface area contributed by atoms with Gasteiger partial charge in [-0.3, -0.25) is 14.3 Å². The molecule has 13 heteroatoms. The van der Waals surface area contributed by atoms with Gasteiger partial charge in [-0.25, -0.2) is 13.8 Å². The van der Waals surface area contributed by atoms with Gasteiger partial charge in [-0.15, -0.1) is 0 Å². The van der Waals surface area contributed by atoms with E-state index in [-0.39, 0.29) is 45.6 Å². The van der Waals surface area contributed by atoms with Crippen LogP contribution in [0.1, 0.15) is 24.4 Å². The first kappa shape index (κ1) is 22.0. The molecule has 0 saturated heterocycles. The van der Waals surface area contributed by atoms with E-state index < -0.39 is 23.2 Å². The van der Waals surface area contributed by atoms with Crippen molar-refractivity contribution < 1.29 is 8.78 Å². The first-order valence-electron chi connectivity index (χ1n) is 9.32. The summed E-state index contributed by atoms with van der Waals surface area (Å²) in [7, 11) is 0. The zero-order valence-corrected chi connectivity index (χ0v) is 18.4. The Labute approximate surface area is 193 Å². The smallest absolute Gasteiger partial charge is 0.267 e. The Bertz CT molecular complexity index is 1520. The maximum absolute atomic E-state index is 14.6. The Morgan fingerprint density at radius 3 is 2.67 bits per heavy atom. The molecule has 0 aliphatic carbocycles. The third-order valence-electron chi connectivity index (χ3n) is 4.71. The van der Waals surface area contributed by atoms with E-state index >= 15 is 0 Å². The number of nitriles is 1. The van der Waals surface area contributed by atoms with Gasteiger partial charge in [0.2, 0.25) is 5.95 Å². The third kappa shape index (κ3) is 3.92. The summed E-state index contributed by atoms with van der Waals surface area (Å²) in [6.07, 6.45) is 2.24. The minimum atomic E-state index is -0.857. The summed E-state index contributed by atoms with van der Waals surface area (Å²) in [5, 5.41) is 12.3. The highest BCUT2D eigenvalue weighted by Crippen LogP contribution is 2.28. The standard InChI is InChI=1S/C20H14BrF2N9O/c1-8(28-17-11(5-24)16(25)30-20(26)31-17)18-29-15-13(23)3-2-12(21)14(15)19(33)32(18)10-4-9(22)6-27-7-10/h2-4,6-8H,1H3,(H5,25,26,28,30,31). The Morgan fingerprint density at radius 1 is 1.21 bits per heavy atom. The van der Waals surface area contributed by atoms with E-state index in [9.17, 15) is 18.8 Å². The Morgan fingerprint density at radius 2 is 1.97 bits per heavy atom. The molecule has 3 aromatic heterocycles. The molecule has 0 amide bonds. The Hall–Kier alpha value is -4.18. The number of pyridine rings is 1. The molecule has 5 N–H and O–H groups in total. The third-order valence-corrected chi connectivity index (χ3v) is 5.37. The van der Waals surface area contributed by atoms with E-state index in [1.54, 1.807) is 6.92 Å². The van der Waals surface area contributed by atoms with Crippen LogP contribution in [0.4, 0.5) is 26.4 Å². The van der Waals surface area contributed by atoms with Crippen LogP contribution < -0.4 is 22.3 Å². The summed E-state index contributed by atoms with van der Waals surface area (Å²) in [6, 6.07) is 4.65. The average Bonchev–Trinajstić information content (AvgIpc) is 2.75. The number of nitrogen functional groups attached to an aromatic ring is 2. The molecule has 3 heterocycles. The van der Waals surface area contributed by atoms with Gasteiger partial charge >= 0.3 is 0 Å². The molecule has 0 aliphatic rings. The highest BCUT2D eigenvalue weighted by atomic mass is 79.9. The van der Waals surface area contributed by atoms with Crippen molar-refractivity contribution in [3.8, 4) is 11.8 Å². The van der Waals surface area contributed by atoms with Crippen LogP contribution >= 0.6 is 15.9 Å². The van der Waals surface area contributed by atoms with E-state index in [0.29, 0.717) is 4.47 Å². The molecule has 0 aliphatic heterocycles. The molecule has 10 nitrogen and oxygen atoms in total. The molecule has 0 bridgehead atoms. The first-order valence-corrected chi connectivity index (χ1v) is 10.1. The zero-order valence-electron chi connectivity index (χ0n) is 16.8. The lowest BCUT2D eigenvalue weighted by atomic mass is 10.2. The quantitative estimate of drug-likeness (QED) is 0.372. The molecular formula is C20H14BrF2N9O. The molecule has 4 rings (SSSR count). The van der Waals surface area contributed by atoms with Crippen molar-refractivity contribution in [2.24, 2.45) is 0 Å². The molecule has 1 atom stereocenters. The van der Waals surface area contributed by atoms with Gasteiger partial charge < -0.3 is 16.8 Å². The largest absolute Gasteiger partial charge is 0.382 e. The second-order valence-corrected chi connectivity index (χ2v) is 7.75. The number of nitrogens with two attached hydrogens (primary N) is 2. The minimum absolute atomic E-state index is 0.00320. The molecular weight excluding hydrogens is 500 g/mol. The van der Waals surface area contributed by atoms with Gasteiger partial charge in [-0.05, 0) is 35.0 Å². The molecule has 1 unspecified atom stereocenters. The van der Waals surface area contributed by atoms with Gasteiger partial charge in [0.15, 0.2) is 5.82 Å². The Balaban J connectivity index is 1.99. The van der Waals surface area contributed by atoms with Crippen LogP contribution in [0.3, 0.4) is 0 Å². The number of anilines is 3. The number of aromatic nitrogens is 5. The van der Waals surface area contributed by atoms with Crippen LogP contribution in [-0.4, -0.2) is 24.5 Å². The van der Waals surface area contributed by atoms with E-state index in [1.807, 2.05) is 6.07 Å². The van der Waals surface area contributed by atoms with Crippen molar-refractivity contribution >= 4 is 44.4 Å². The van der Waals surface area contributed by atoms with Crippen LogP contribution in [0.15, 0.2) is 39.9 Å². The monoisotopic (exact) mass is 513 g/mol. The number of hydrogen-bond donors (Lipinski definition) is 3. The van der Waals surface area contributed by atoms with Crippen molar-refractivity contribution in [1.29, 1.82) is 5.26 Å². The number of benzene rings is 1. The summed E-state index contributed by atoms with van der Waals surface area (Å²) in [4.78, 5) is 29.3. The summed E-state index contributed by atoms with van der Waals surface area (Å²) in [5.74, 6) is -1.76. The fourth-order valence-electron chi connectivity index (χ4n) is 3.28. The van der Waals surface area contributed by atoms with E-state index in [4.69, 9.17) is 11.5 Å². The number of fused-ring (bicyclic) bond motifs is 1. The normalized spacial score (nSPS) is 11.8. The lowest BCUT2D eigenvalue weighted by Gasteiger charge is -2.21. The van der Waals surface area contributed by atoms with E-state index in [1.165, 1.54) is 12.3 Å². The van der Waals surface area contributed by atoms with Gasteiger partial charge in [0.25, 0.3) is 5.56 Å². The zero-order chi connectivity index (χ0) is 23.9.